The lowest BCUT2D eigenvalue weighted by Crippen LogP contribution is -2.30. The predicted molar refractivity (Wildman–Crippen MR) is 210 cm³/mol. The quantitative estimate of drug-likeness (QED) is 0.0359. The average Bonchev–Trinajstić information content (AvgIpc) is 3.11. The molecule has 0 spiro atoms. The minimum absolute atomic E-state index is 0.0651. The number of unbranched alkanes of at least 4 members (excludes halogenated alkanes) is 25. The number of carbonyl (C=O) groups excluding carboxylic acids is 3. The summed E-state index contributed by atoms with van der Waals surface area (Å²) >= 11 is 0. The van der Waals surface area contributed by atoms with Gasteiger partial charge in [0.15, 0.2) is 6.10 Å². The van der Waals surface area contributed by atoms with E-state index >= 15 is 0 Å². The second-order valence-corrected chi connectivity index (χ2v) is 15.2. The molecule has 0 amide bonds. The zero-order valence-electron chi connectivity index (χ0n) is 33.9. The van der Waals surface area contributed by atoms with Crippen molar-refractivity contribution in [2.24, 2.45) is 5.92 Å². The van der Waals surface area contributed by atoms with Crippen LogP contribution < -0.4 is 0 Å². The maximum Gasteiger partial charge on any atom is 0.306 e. The summed E-state index contributed by atoms with van der Waals surface area (Å²) in [7, 11) is 0. The number of carbonyl (C=O) groups is 3. The molecule has 0 aliphatic carbocycles. The Kier molecular flexibility index (Phi) is 37.4. The van der Waals surface area contributed by atoms with Crippen molar-refractivity contribution >= 4 is 17.9 Å². The van der Waals surface area contributed by atoms with Gasteiger partial charge in [0.2, 0.25) is 0 Å². The van der Waals surface area contributed by atoms with Crippen LogP contribution in [0.2, 0.25) is 0 Å². The first kappa shape index (κ1) is 48.4. The van der Waals surface area contributed by atoms with Gasteiger partial charge < -0.3 is 14.2 Å². The van der Waals surface area contributed by atoms with Crippen LogP contribution in [0.4, 0.5) is 0 Å². The van der Waals surface area contributed by atoms with Crippen molar-refractivity contribution in [1.29, 1.82) is 0 Å². The van der Waals surface area contributed by atoms with Crippen LogP contribution in [0.5, 0.6) is 0 Å². The number of hydrogen-bond donors (Lipinski definition) is 0. The van der Waals surface area contributed by atoms with Crippen LogP contribution >= 0.6 is 0 Å². The summed E-state index contributed by atoms with van der Waals surface area (Å²) in [5.74, 6) is -0.00300. The molecule has 1 unspecified atom stereocenters. The predicted octanol–water partition coefficient (Wildman–Crippen LogP) is 13.6. The van der Waals surface area contributed by atoms with E-state index in [1.807, 2.05) is 0 Å². The van der Waals surface area contributed by atoms with E-state index in [-0.39, 0.29) is 31.1 Å². The Morgan fingerprint density at radius 2 is 0.700 bits per heavy atom. The zero-order chi connectivity index (χ0) is 36.8. The first-order chi connectivity index (χ1) is 24.4. The van der Waals surface area contributed by atoms with Crippen LogP contribution in [0.25, 0.3) is 0 Å². The standard InChI is InChI=1S/C44H84O6/c1-5-8-10-12-13-14-15-16-17-21-24-28-32-36-43(46)49-39-41(38-48-42(45)35-31-26-11-9-6-2)50-44(47)37-33-29-25-22-19-18-20-23-27-30-34-40(4)7-3/h40-41H,5-39H2,1-4H3/t40?,41-/m1/s1. The van der Waals surface area contributed by atoms with E-state index in [9.17, 15) is 14.4 Å². The lowest BCUT2D eigenvalue weighted by atomic mass is 9.99. The second-order valence-electron chi connectivity index (χ2n) is 15.2. The van der Waals surface area contributed by atoms with E-state index in [4.69, 9.17) is 14.2 Å². The molecule has 0 aliphatic rings. The summed E-state index contributed by atoms with van der Waals surface area (Å²) < 4.78 is 16.6. The van der Waals surface area contributed by atoms with Gasteiger partial charge in [-0.1, -0.05) is 201 Å². The molecular formula is C44H84O6. The molecule has 0 aromatic rings. The maximum atomic E-state index is 12.6. The minimum Gasteiger partial charge on any atom is -0.462 e. The van der Waals surface area contributed by atoms with E-state index in [0.29, 0.717) is 19.3 Å². The van der Waals surface area contributed by atoms with Crippen molar-refractivity contribution in [2.45, 2.75) is 246 Å². The van der Waals surface area contributed by atoms with Crippen molar-refractivity contribution < 1.29 is 28.6 Å². The van der Waals surface area contributed by atoms with Crippen molar-refractivity contribution in [3.05, 3.63) is 0 Å². The largest absolute Gasteiger partial charge is 0.462 e. The molecule has 0 aliphatic heterocycles. The lowest BCUT2D eigenvalue weighted by molar-refractivity contribution is -0.167. The Hall–Kier alpha value is -1.59. The molecular weight excluding hydrogens is 624 g/mol. The van der Waals surface area contributed by atoms with E-state index in [1.54, 1.807) is 0 Å². The number of rotatable bonds is 39. The van der Waals surface area contributed by atoms with E-state index in [1.165, 1.54) is 128 Å². The monoisotopic (exact) mass is 709 g/mol. The Morgan fingerprint density at radius 1 is 0.400 bits per heavy atom. The second kappa shape index (κ2) is 38.6. The van der Waals surface area contributed by atoms with E-state index in [0.717, 1.165) is 70.1 Å². The van der Waals surface area contributed by atoms with Gasteiger partial charge in [0, 0.05) is 19.3 Å². The molecule has 6 heteroatoms. The molecule has 0 rings (SSSR count). The topological polar surface area (TPSA) is 78.9 Å². The van der Waals surface area contributed by atoms with Crippen LogP contribution in [-0.4, -0.2) is 37.2 Å². The molecule has 50 heavy (non-hydrogen) atoms. The van der Waals surface area contributed by atoms with Crippen LogP contribution in [0, 0.1) is 5.92 Å². The van der Waals surface area contributed by atoms with Gasteiger partial charge in [0.25, 0.3) is 0 Å². The van der Waals surface area contributed by atoms with Gasteiger partial charge in [0.05, 0.1) is 0 Å². The smallest absolute Gasteiger partial charge is 0.306 e. The first-order valence-electron chi connectivity index (χ1n) is 21.9. The average molecular weight is 709 g/mol. The fraction of sp³-hybridized carbons (Fsp3) is 0.932. The van der Waals surface area contributed by atoms with Gasteiger partial charge in [-0.3, -0.25) is 14.4 Å². The van der Waals surface area contributed by atoms with Crippen LogP contribution in [0.3, 0.4) is 0 Å². The highest BCUT2D eigenvalue weighted by Gasteiger charge is 2.19. The van der Waals surface area contributed by atoms with Crippen LogP contribution in [-0.2, 0) is 28.6 Å². The molecule has 0 radical (unpaired) electrons. The SMILES string of the molecule is CCCCCCCCCCCCCCCC(=O)OC[C@@H](COC(=O)CCCCCCC)OC(=O)CCCCCCCCCCCCC(C)CC. The summed E-state index contributed by atoms with van der Waals surface area (Å²) in [6.45, 7) is 8.93. The minimum atomic E-state index is -0.757. The normalized spacial score (nSPS) is 12.5. The van der Waals surface area contributed by atoms with Gasteiger partial charge >= 0.3 is 17.9 Å². The Labute approximate surface area is 310 Å². The summed E-state index contributed by atoms with van der Waals surface area (Å²) in [4.78, 5) is 37.4. The first-order valence-corrected chi connectivity index (χ1v) is 21.9. The molecule has 0 saturated heterocycles. The van der Waals surface area contributed by atoms with Gasteiger partial charge in [-0.2, -0.15) is 0 Å². The van der Waals surface area contributed by atoms with Gasteiger partial charge in [-0.25, -0.2) is 0 Å². The molecule has 296 valence electrons. The molecule has 0 fully saturated rings. The third kappa shape index (κ3) is 36.2. The lowest BCUT2D eigenvalue weighted by Gasteiger charge is -2.18. The molecule has 0 bridgehead atoms. The third-order valence-corrected chi connectivity index (χ3v) is 10.2. The number of ether oxygens (including phenoxy) is 3. The number of hydrogen-bond acceptors (Lipinski definition) is 6. The van der Waals surface area contributed by atoms with Crippen LogP contribution in [0.15, 0.2) is 0 Å². The molecule has 0 aromatic heterocycles. The van der Waals surface area contributed by atoms with Crippen molar-refractivity contribution in [3.8, 4) is 0 Å². The highest BCUT2D eigenvalue weighted by atomic mass is 16.6. The molecule has 2 atom stereocenters. The third-order valence-electron chi connectivity index (χ3n) is 10.2. The zero-order valence-corrected chi connectivity index (χ0v) is 33.9. The maximum absolute atomic E-state index is 12.6. The fourth-order valence-corrected chi connectivity index (χ4v) is 6.42. The van der Waals surface area contributed by atoms with Gasteiger partial charge in [-0.05, 0) is 25.2 Å². The molecule has 0 N–H and O–H groups in total. The van der Waals surface area contributed by atoms with E-state index < -0.39 is 6.10 Å². The van der Waals surface area contributed by atoms with Crippen molar-refractivity contribution in [2.75, 3.05) is 13.2 Å². The Morgan fingerprint density at radius 3 is 1.04 bits per heavy atom. The van der Waals surface area contributed by atoms with Gasteiger partial charge in [-0.15, -0.1) is 0 Å². The molecule has 0 heterocycles. The highest BCUT2D eigenvalue weighted by molar-refractivity contribution is 5.71. The van der Waals surface area contributed by atoms with Crippen molar-refractivity contribution in [3.63, 3.8) is 0 Å². The molecule has 6 nitrogen and oxygen atoms in total. The van der Waals surface area contributed by atoms with Gasteiger partial charge in [0.1, 0.15) is 13.2 Å². The number of esters is 3. The summed E-state index contributed by atoms with van der Waals surface area (Å²) in [6.07, 6.45) is 36.8. The molecule has 0 saturated carbocycles. The molecule has 0 aromatic carbocycles. The van der Waals surface area contributed by atoms with Crippen LogP contribution in [0.1, 0.15) is 240 Å². The Balaban J connectivity index is 4.22. The summed E-state index contributed by atoms with van der Waals surface area (Å²) in [6, 6.07) is 0. The fourth-order valence-electron chi connectivity index (χ4n) is 6.42. The van der Waals surface area contributed by atoms with Crippen molar-refractivity contribution in [1.82, 2.24) is 0 Å². The van der Waals surface area contributed by atoms with E-state index in [2.05, 4.69) is 27.7 Å². The summed E-state index contributed by atoms with van der Waals surface area (Å²) in [5.41, 5.74) is 0. The Bertz CT molecular complexity index is 753. The highest BCUT2D eigenvalue weighted by Crippen LogP contribution is 2.17. The summed E-state index contributed by atoms with van der Waals surface area (Å²) in [5, 5.41) is 0.